The molecule has 2 atom stereocenters. The highest BCUT2D eigenvalue weighted by atomic mass is 32.1. The van der Waals surface area contributed by atoms with Crippen molar-refractivity contribution >= 4 is 33.8 Å². The summed E-state index contributed by atoms with van der Waals surface area (Å²) in [6.07, 6.45) is 1.85. The lowest BCUT2D eigenvalue weighted by atomic mass is 9.96. The molecule has 1 N–H and O–H groups in total. The molecule has 35 heavy (non-hydrogen) atoms. The van der Waals surface area contributed by atoms with Crippen molar-refractivity contribution in [1.82, 2.24) is 14.9 Å². The summed E-state index contributed by atoms with van der Waals surface area (Å²) < 4.78 is 2.37. The lowest BCUT2D eigenvalue weighted by molar-refractivity contribution is 0.565. The molecule has 6 rings (SSSR count). The first-order valence-corrected chi connectivity index (χ1v) is 12.3. The van der Waals surface area contributed by atoms with E-state index in [0.717, 1.165) is 11.4 Å². The van der Waals surface area contributed by atoms with E-state index in [1.165, 1.54) is 33.4 Å². The highest BCUT2D eigenvalue weighted by Gasteiger charge is 2.42. The lowest BCUT2D eigenvalue weighted by Gasteiger charge is -2.28. The fraction of sp³-hybridized carbons (Fsp3) is 0.133. The summed E-state index contributed by atoms with van der Waals surface area (Å²) in [5, 5.41) is 6.77. The fourth-order valence-electron chi connectivity index (χ4n) is 5.40. The Labute approximate surface area is 210 Å². The van der Waals surface area contributed by atoms with E-state index in [1.54, 1.807) is 0 Å². The van der Waals surface area contributed by atoms with Crippen LogP contribution in [0.15, 0.2) is 103 Å². The van der Waals surface area contributed by atoms with Crippen molar-refractivity contribution < 1.29 is 0 Å². The topological polar surface area (TPSA) is 33.1 Å². The summed E-state index contributed by atoms with van der Waals surface area (Å²) in [6.45, 7) is 4.39. The molecular formula is C30H26N4S. The van der Waals surface area contributed by atoms with Crippen LogP contribution in [-0.4, -0.2) is 14.7 Å². The predicted molar refractivity (Wildman–Crippen MR) is 147 cm³/mol. The Bertz CT molecular complexity index is 1520. The Balaban J connectivity index is 1.55. The summed E-state index contributed by atoms with van der Waals surface area (Å²) in [6, 6.07) is 33.7. The van der Waals surface area contributed by atoms with Gasteiger partial charge in [-0.15, -0.1) is 0 Å². The van der Waals surface area contributed by atoms with Gasteiger partial charge in [0.05, 0.1) is 23.5 Å². The monoisotopic (exact) mass is 474 g/mol. The van der Waals surface area contributed by atoms with Gasteiger partial charge in [0.15, 0.2) is 5.11 Å². The number of benzene rings is 3. The highest BCUT2D eigenvalue weighted by molar-refractivity contribution is 7.80. The van der Waals surface area contributed by atoms with Crippen molar-refractivity contribution in [3.05, 3.63) is 126 Å². The summed E-state index contributed by atoms with van der Waals surface area (Å²) in [4.78, 5) is 6.94. The molecule has 0 amide bonds. The predicted octanol–water partition coefficient (Wildman–Crippen LogP) is 6.82. The van der Waals surface area contributed by atoms with Crippen LogP contribution in [0.2, 0.25) is 0 Å². The van der Waals surface area contributed by atoms with E-state index in [1.807, 2.05) is 24.4 Å². The molecule has 1 fully saturated rings. The van der Waals surface area contributed by atoms with Gasteiger partial charge in [-0.3, -0.25) is 4.98 Å². The maximum absolute atomic E-state index is 5.90. The molecule has 0 bridgehead atoms. The molecule has 1 aliphatic heterocycles. The van der Waals surface area contributed by atoms with Crippen molar-refractivity contribution in [2.75, 3.05) is 4.90 Å². The van der Waals surface area contributed by atoms with E-state index >= 15 is 0 Å². The number of nitrogens with zero attached hydrogens (tertiary/aromatic N) is 3. The number of anilines is 1. The Morgan fingerprint density at radius 1 is 0.829 bits per heavy atom. The average Bonchev–Trinajstić information content (AvgIpc) is 3.39. The standard InChI is InChI=1S/C30H26N4S/c1-20-19-25(21(2)33(20)27-17-10-12-22-11-6-7-15-24(22)27)29-28(26-16-8-9-18-31-26)32-30(35)34(29)23-13-4-3-5-14-23/h3-19,28-29H,1-2H3,(H,32,35)/t28-,29-/m1/s1. The highest BCUT2D eigenvalue weighted by Crippen LogP contribution is 2.44. The van der Waals surface area contributed by atoms with Gasteiger partial charge in [0.25, 0.3) is 0 Å². The smallest absolute Gasteiger partial charge is 0.174 e. The number of fused-ring (bicyclic) bond motifs is 1. The summed E-state index contributed by atoms with van der Waals surface area (Å²) >= 11 is 5.90. The van der Waals surface area contributed by atoms with E-state index in [4.69, 9.17) is 17.2 Å². The van der Waals surface area contributed by atoms with Gasteiger partial charge in [-0.05, 0) is 73.4 Å². The van der Waals surface area contributed by atoms with E-state index in [0.29, 0.717) is 5.11 Å². The van der Waals surface area contributed by atoms with E-state index in [9.17, 15) is 0 Å². The number of nitrogens with one attached hydrogen (secondary N) is 1. The third kappa shape index (κ3) is 3.60. The van der Waals surface area contributed by atoms with Crippen molar-refractivity contribution in [1.29, 1.82) is 0 Å². The van der Waals surface area contributed by atoms with Gasteiger partial charge >= 0.3 is 0 Å². The van der Waals surface area contributed by atoms with Crippen LogP contribution in [0.4, 0.5) is 5.69 Å². The molecular weight excluding hydrogens is 448 g/mol. The van der Waals surface area contributed by atoms with Crippen molar-refractivity contribution in [2.45, 2.75) is 25.9 Å². The third-order valence-electron chi connectivity index (χ3n) is 6.93. The van der Waals surface area contributed by atoms with Gasteiger partial charge in [0.2, 0.25) is 0 Å². The van der Waals surface area contributed by atoms with Gasteiger partial charge in [-0.1, -0.05) is 60.7 Å². The number of pyridine rings is 1. The second kappa shape index (κ2) is 8.67. The third-order valence-corrected chi connectivity index (χ3v) is 7.24. The van der Waals surface area contributed by atoms with Gasteiger partial charge in [-0.2, -0.15) is 0 Å². The maximum atomic E-state index is 5.90. The van der Waals surface area contributed by atoms with Crippen LogP contribution >= 0.6 is 12.2 Å². The lowest BCUT2D eigenvalue weighted by Crippen LogP contribution is -2.29. The van der Waals surface area contributed by atoms with Gasteiger partial charge in [0.1, 0.15) is 0 Å². The van der Waals surface area contributed by atoms with Gasteiger partial charge in [0, 0.05) is 28.7 Å². The molecule has 0 spiro atoms. The SMILES string of the molecule is Cc1cc([C@@H]2[C@@H](c3ccccn3)NC(=S)N2c2ccccc2)c(C)n1-c1cccc2ccccc12. The first kappa shape index (κ1) is 21.6. The van der Waals surface area contributed by atoms with Gasteiger partial charge in [-0.25, -0.2) is 0 Å². The number of rotatable bonds is 4. The number of thiocarbonyl (C=S) groups is 1. The summed E-state index contributed by atoms with van der Waals surface area (Å²) in [5.41, 5.74) is 6.88. The Kier molecular flexibility index (Phi) is 5.34. The van der Waals surface area contributed by atoms with E-state index in [-0.39, 0.29) is 12.1 Å². The number of para-hydroxylation sites is 1. The largest absolute Gasteiger partial charge is 0.351 e. The molecule has 1 saturated heterocycles. The summed E-state index contributed by atoms with van der Waals surface area (Å²) in [5.74, 6) is 0. The number of aryl methyl sites for hydroxylation is 1. The van der Waals surface area contributed by atoms with Crippen LogP contribution in [0.25, 0.3) is 16.5 Å². The quantitative estimate of drug-likeness (QED) is 0.290. The molecule has 2 aromatic heterocycles. The molecule has 0 unspecified atom stereocenters. The zero-order valence-corrected chi connectivity index (χ0v) is 20.5. The molecule has 5 aromatic rings. The normalized spacial score (nSPS) is 17.7. The molecule has 4 nitrogen and oxygen atoms in total. The zero-order valence-electron chi connectivity index (χ0n) is 19.7. The molecule has 5 heteroatoms. The van der Waals surface area contributed by atoms with Crippen LogP contribution in [-0.2, 0) is 0 Å². The number of hydrogen-bond acceptors (Lipinski definition) is 2. The van der Waals surface area contributed by atoms with Crippen molar-refractivity contribution in [2.24, 2.45) is 0 Å². The average molecular weight is 475 g/mol. The Morgan fingerprint density at radius 3 is 2.37 bits per heavy atom. The van der Waals surface area contributed by atoms with Crippen LogP contribution in [0.5, 0.6) is 0 Å². The molecule has 3 aromatic carbocycles. The minimum atomic E-state index is -0.0645. The second-order valence-corrected chi connectivity index (χ2v) is 9.38. The van der Waals surface area contributed by atoms with E-state index < -0.39 is 0 Å². The van der Waals surface area contributed by atoms with Crippen LogP contribution in [0, 0.1) is 13.8 Å². The molecule has 172 valence electrons. The zero-order chi connectivity index (χ0) is 23.9. The van der Waals surface area contributed by atoms with Gasteiger partial charge < -0.3 is 14.8 Å². The van der Waals surface area contributed by atoms with E-state index in [2.05, 4.69) is 107 Å². The fourth-order valence-corrected chi connectivity index (χ4v) is 5.74. The minimum Gasteiger partial charge on any atom is -0.351 e. The first-order valence-electron chi connectivity index (χ1n) is 11.9. The molecule has 0 saturated carbocycles. The molecule has 0 radical (unpaired) electrons. The maximum Gasteiger partial charge on any atom is 0.174 e. The first-order chi connectivity index (χ1) is 17.1. The Hall–Kier alpha value is -3.96. The van der Waals surface area contributed by atoms with Crippen LogP contribution < -0.4 is 10.2 Å². The number of hydrogen-bond donors (Lipinski definition) is 1. The Morgan fingerprint density at radius 2 is 1.57 bits per heavy atom. The van der Waals surface area contributed by atoms with Crippen LogP contribution in [0.1, 0.15) is 34.7 Å². The van der Waals surface area contributed by atoms with Crippen LogP contribution in [0.3, 0.4) is 0 Å². The molecule has 0 aliphatic carbocycles. The number of aromatic nitrogens is 2. The second-order valence-electron chi connectivity index (χ2n) is 8.99. The summed E-state index contributed by atoms with van der Waals surface area (Å²) in [7, 11) is 0. The minimum absolute atomic E-state index is 0.0327. The van der Waals surface area contributed by atoms with Crippen molar-refractivity contribution in [3.8, 4) is 5.69 Å². The molecule has 3 heterocycles. The molecule has 1 aliphatic rings. The van der Waals surface area contributed by atoms with Crippen molar-refractivity contribution in [3.63, 3.8) is 0 Å².